The summed E-state index contributed by atoms with van der Waals surface area (Å²) in [6, 6.07) is 0.961. The fourth-order valence-corrected chi connectivity index (χ4v) is 2.86. The summed E-state index contributed by atoms with van der Waals surface area (Å²) in [5, 5.41) is 1.15. The zero-order valence-corrected chi connectivity index (χ0v) is 9.93. The monoisotopic (exact) mass is 283 g/mol. The van der Waals surface area contributed by atoms with Gasteiger partial charge in [-0.3, -0.25) is 4.90 Å². The Kier molecular flexibility index (Phi) is 3.86. The molecule has 1 saturated heterocycles. The van der Waals surface area contributed by atoms with Crippen LogP contribution in [0.5, 0.6) is 0 Å². The molecule has 0 aromatic heterocycles. The highest BCUT2D eigenvalue weighted by molar-refractivity contribution is 9.09. The molecule has 1 heterocycles. The smallest absolute Gasteiger partial charge is 0.0159 e. The van der Waals surface area contributed by atoms with Crippen LogP contribution in [-0.2, 0) is 0 Å². The van der Waals surface area contributed by atoms with Gasteiger partial charge in [-0.25, -0.2) is 0 Å². The van der Waals surface area contributed by atoms with Crippen molar-refractivity contribution in [1.29, 1.82) is 0 Å². The van der Waals surface area contributed by atoms with Crippen molar-refractivity contribution in [3.8, 4) is 0 Å². The molecule has 0 aromatic rings. The zero-order valence-electron chi connectivity index (χ0n) is 6.63. The second-order valence-electron chi connectivity index (χ2n) is 3.52. The molecule has 1 nitrogen and oxygen atoms in total. The standard InChI is InChI=1S/C8H14BrN.BrH/c9-3-4-10-6-7-1-2-8(10)5-7;/h7-8H,1-6H2;1H. The van der Waals surface area contributed by atoms with Crippen molar-refractivity contribution in [1.82, 2.24) is 4.90 Å². The summed E-state index contributed by atoms with van der Waals surface area (Å²) in [5.74, 6) is 1.06. The predicted octanol–water partition coefficient (Wildman–Crippen LogP) is 2.44. The van der Waals surface area contributed by atoms with Crippen molar-refractivity contribution in [2.24, 2.45) is 5.92 Å². The van der Waals surface area contributed by atoms with E-state index in [1.54, 1.807) is 0 Å². The minimum absolute atomic E-state index is 0. The van der Waals surface area contributed by atoms with Gasteiger partial charge in [0.2, 0.25) is 0 Å². The van der Waals surface area contributed by atoms with Gasteiger partial charge in [0.15, 0.2) is 0 Å². The van der Waals surface area contributed by atoms with Crippen molar-refractivity contribution in [2.75, 3.05) is 18.4 Å². The molecule has 1 saturated carbocycles. The molecular formula is C8H15Br2N. The highest BCUT2D eigenvalue weighted by atomic mass is 79.9. The zero-order chi connectivity index (χ0) is 6.97. The third kappa shape index (κ3) is 1.99. The number of alkyl halides is 1. The maximum absolute atomic E-state index is 3.49. The Hall–Kier alpha value is 0.920. The van der Waals surface area contributed by atoms with Crippen molar-refractivity contribution >= 4 is 32.9 Å². The third-order valence-corrected chi connectivity index (χ3v) is 3.25. The number of hydrogen-bond donors (Lipinski definition) is 0. The fourth-order valence-electron chi connectivity index (χ4n) is 2.41. The molecule has 1 aliphatic heterocycles. The summed E-state index contributed by atoms with van der Waals surface area (Å²) in [6.45, 7) is 2.65. The van der Waals surface area contributed by atoms with Crippen molar-refractivity contribution in [2.45, 2.75) is 25.3 Å². The van der Waals surface area contributed by atoms with Gasteiger partial charge < -0.3 is 0 Å². The van der Waals surface area contributed by atoms with E-state index in [2.05, 4.69) is 20.8 Å². The minimum Gasteiger partial charge on any atom is -0.299 e. The van der Waals surface area contributed by atoms with Gasteiger partial charge in [0.25, 0.3) is 0 Å². The summed E-state index contributed by atoms with van der Waals surface area (Å²) < 4.78 is 0. The SMILES string of the molecule is Br.BrCCN1CC2CCC1C2. The Balaban J connectivity index is 0.000000605. The molecular weight excluding hydrogens is 270 g/mol. The van der Waals surface area contributed by atoms with Crippen LogP contribution in [0, 0.1) is 5.92 Å². The first-order valence-electron chi connectivity index (χ1n) is 4.20. The van der Waals surface area contributed by atoms with E-state index in [9.17, 15) is 0 Å². The molecule has 2 bridgehead atoms. The molecule has 2 unspecified atom stereocenters. The largest absolute Gasteiger partial charge is 0.299 e. The fraction of sp³-hybridized carbons (Fsp3) is 1.00. The van der Waals surface area contributed by atoms with E-state index in [1.807, 2.05) is 0 Å². The van der Waals surface area contributed by atoms with Gasteiger partial charge in [-0.2, -0.15) is 0 Å². The lowest BCUT2D eigenvalue weighted by atomic mass is 10.1. The number of likely N-dealkylation sites (tertiary alicyclic amines) is 1. The molecule has 11 heavy (non-hydrogen) atoms. The van der Waals surface area contributed by atoms with Crippen LogP contribution in [0.2, 0.25) is 0 Å². The molecule has 2 aliphatic rings. The van der Waals surface area contributed by atoms with Crippen LogP contribution in [-0.4, -0.2) is 29.4 Å². The number of piperidine rings is 1. The summed E-state index contributed by atoms with van der Waals surface area (Å²) in [6.07, 6.45) is 4.47. The van der Waals surface area contributed by atoms with Crippen molar-refractivity contribution in [3.05, 3.63) is 0 Å². The van der Waals surface area contributed by atoms with E-state index in [0.717, 1.165) is 17.3 Å². The number of nitrogens with zero attached hydrogens (tertiary/aromatic N) is 1. The van der Waals surface area contributed by atoms with E-state index in [1.165, 1.54) is 32.4 Å². The van der Waals surface area contributed by atoms with E-state index < -0.39 is 0 Å². The average Bonchev–Trinajstić information content (AvgIpc) is 2.48. The highest BCUT2D eigenvalue weighted by Gasteiger charge is 2.36. The van der Waals surface area contributed by atoms with Crippen LogP contribution in [0.4, 0.5) is 0 Å². The van der Waals surface area contributed by atoms with E-state index >= 15 is 0 Å². The molecule has 66 valence electrons. The second kappa shape index (κ2) is 4.24. The maximum Gasteiger partial charge on any atom is 0.0159 e. The molecule has 0 amide bonds. The summed E-state index contributed by atoms with van der Waals surface area (Å²) in [5.41, 5.74) is 0. The van der Waals surface area contributed by atoms with Crippen LogP contribution in [0.25, 0.3) is 0 Å². The van der Waals surface area contributed by atoms with Crippen LogP contribution >= 0.6 is 32.9 Å². The molecule has 3 heteroatoms. The Morgan fingerprint density at radius 3 is 2.64 bits per heavy atom. The molecule has 0 aromatic carbocycles. The Labute approximate surface area is 87.4 Å². The van der Waals surface area contributed by atoms with Crippen LogP contribution in [0.3, 0.4) is 0 Å². The first-order valence-corrected chi connectivity index (χ1v) is 5.32. The van der Waals surface area contributed by atoms with Crippen molar-refractivity contribution < 1.29 is 0 Å². The summed E-state index contributed by atoms with van der Waals surface area (Å²) in [7, 11) is 0. The lowest BCUT2D eigenvalue weighted by Gasteiger charge is -2.25. The first-order chi connectivity index (χ1) is 4.90. The normalized spacial score (nSPS) is 35.7. The number of rotatable bonds is 2. The van der Waals surface area contributed by atoms with Crippen molar-refractivity contribution in [3.63, 3.8) is 0 Å². The average molecular weight is 285 g/mol. The Morgan fingerprint density at radius 1 is 1.36 bits per heavy atom. The lowest BCUT2D eigenvalue weighted by molar-refractivity contribution is 0.227. The third-order valence-electron chi connectivity index (χ3n) is 2.89. The summed E-state index contributed by atoms with van der Waals surface area (Å²) in [4.78, 5) is 2.64. The van der Waals surface area contributed by atoms with E-state index in [-0.39, 0.29) is 17.0 Å². The molecule has 2 atom stereocenters. The predicted molar refractivity (Wildman–Crippen MR) is 56.8 cm³/mol. The first kappa shape index (κ1) is 10.0. The van der Waals surface area contributed by atoms with E-state index in [4.69, 9.17) is 0 Å². The summed E-state index contributed by atoms with van der Waals surface area (Å²) >= 11 is 3.49. The van der Waals surface area contributed by atoms with Gasteiger partial charge >= 0.3 is 0 Å². The van der Waals surface area contributed by atoms with Gasteiger partial charge in [0, 0.05) is 24.5 Å². The van der Waals surface area contributed by atoms with Crippen LogP contribution in [0.15, 0.2) is 0 Å². The van der Waals surface area contributed by atoms with Gasteiger partial charge in [-0.15, -0.1) is 17.0 Å². The van der Waals surface area contributed by atoms with E-state index in [0.29, 0.717) is 0 Å². The molecule has 0 spiro atoms. The number of hydrogen-bond acceptors (Lipinski definition) is 1. The molecule has 2 rings (SSSR count). The van der Waals surface area contributed by atoms with Gasteiger partial charge in [0.05, 0.1) is 0 Å². The number of fused-ring (bicyclic) bond motifs is 2. The topological polar surface area (TPSA) is 3.24 Å². The van der Waals surface area contributed by atoms with Gasteiger partial charge in [0.1, 0.15) is 0 Å². The molecule has 0 radical (unpaired) electrons. The Morgan fingerprint density at radius 2 is 2.18 bits per heavy atom. The van der Waals surface area contributed by atoms with Gasteiger partial charge in [-0.05, 0) is 25.2 Å². The maximum atomic E-state index is 3.49. The molecule has 1 aliphatic carbocycles. The van der Waals surface area contributed by atoms with Gasteiger partial charge in [-0.1, -0.05) is 15.9 Å². The molecule has 0 N–H and O–H groups in total. The number of halogens is 2. The molecule has 2 fully saturated rings. The second-order valence-corrected chi connectivity index (χ2v) is 4.31. The highest BCUT2D eigenvalue weighted by Crippen LogP contribution is 2.36. The quantitative estimate of drug-likeness (QED) is 0.704. The Bertz CT molecular complexity index is 129. The van der Waals surface area contributed by atoms with Crippen LogP contribution in [0.1, 0.15) is 19.3 Å². The minimum atomic E-state index is 0. The lowest BCUT2D eigenvalue weighted by Crippen LogP contribution is -2.33. The van der Waals surface area contributed by atoms with Crippen LogP contribution < -0.4 is 0 Å².